The first-order valence-electron chi connectivity index (χ1n) is 9.38. The number of benzene rings is 1. The van der Waals surface area contributed by atoms with E-state index in [9.17, 15) is 14.4 Å². The van der Waals surface area contributed by atoms with Gasteiger partial charge in [-0.2, -0.15) is 0 Å². The summed E-state index contributed by atoms with van der Waals surface area (Å²) in [4.78, 5) is 39.9. The van der Waals surface area contributed by atoms with Crippen molar-refractivity contribution in [3.05, 3.63) is 57.9 Å². The number of aromatic nitrogens is 1. The van der Waals surface area contributed by atoms with Crippen LogP contribution in [0.15, 0.2) is 24.3 Å². The predicted octanol–water partition coefficient (Wildman–Crippen LogP) is 3.77. The van der Waals surface area contributed by atoms with Gasteiger partial charge in [0.15, 0.2) is 6.10 Å². The van der Waals surface area contributed by atoms with Gasteiger partial charge in [-0.05, 0) is 57.9 Å². The normalized spacial score (nSPS) is 12.0. The average molecular weight is 401 g/mol. The van der Waals surface area contributed by atoms with Crippen LogP contribution in [0.25, 0.3) is 0 Å². The summed E-state index contributed by atoms with van der Waals surface area (Å²) in [6, 6.07) is 6.84. The van der Waals surface area contributed by atoms with Crippen molar-refractivity contribution in [2.24, 2.45) is 0 Å². The number of hydrogen-bond donors (Lipinski definition) is 1. The Morgan fingerprint density at radius 3 is 2.17 bits per heavy atom. The van der Waals surface area contributed by atoms with Crippen LogP contribution < -0.4 is 0 Å². The van der Waals surface area contributed by atoms with E-state index >= 15 is 0 Å². The zero-order valence-electron chi connectivity index (χ0n) is 17.6. The molecular weight excluding hydrogens is 374 g/mol. The van der Waals surface area contributed by atoms with Gasteiger partial charge >= 0.3 is 11.9 Å². The Morgan fingerprint density at radius 2 is 1.62 bits per heavy atom. The standard InChI is InChI=1S/C22H27NO6/c1-12(2)28-11-16-7-9-17(10-8-16)21(25)29-15(5)20(24)19-13(3)18(14(4)23-19)22(26)27-6/h7-10,12,15,23H,11H2,1-6H3/t15-/m1/s1. The molecule has 0 unspecified atom stereocenters. The van der Waals surface area contributed by atoms with E-state index in [-0.39, 0.29) is 11.8 Å². The van der Waals surface area contributed by atoms with Gasteiger partial charge in [0.05, 0.1) is 36.6 Å². The third-order valence-corrected chi connectivity index (χ3v) is 4.50. The Labute approximate surface area is 170 Å². The van der Waals surface area contributed by atoms with Crippen LogP contribution in [0.1, 0.15) is 68.8 Å². The quantitative estimate of drug-likeness (QED) is 0.534. The van der Waals surface area contributed by atoms with Crippen LogP contribution in [-0.2, 0) is 20.8 Å². The maximum Gasteiger partial charge on any atom is 0.339 e. The van der Waals surface area contributed by atoms with Gasteiger partial charge in [-0.1, -0.05) is 12.1 Å². The van der Waals surface area contributed by atoms with E-state index in [4.69, 9.17) is 14.2 Å². The molecule has 29 heavy (non-hydrogen) atoms. The summed E-state index contributed by atoms with van der Waals surface area (Å²) in [6.45, 7) is 9.18. The van der Waals surface area contributed by atoms with Gasteiger partial charge in [0.25, 0.3) is 0 Å². The fourth-order valence-electron chi connectivity index (χ4n) is 2.89. The number of aromatic amines is 1. The molecule has 0 amide bonds. The summed E-state index contributed by atoms with van der Waals surface area (Å²) >= 11 is 0. The highest BCUT2D eigenvalue weighted by Crippen LogP contribution is 2.21. The summed E-state index contributed by atoms with van der Waals surface area (Å²) < 4.78 is 15.6. The number of hydrogen-bond acceptors (Lipinski definition) is 6. The number of carbonyl (C=O) groups excluding carboxylic acids is 3. The molecule has 0 radical (unpaired) electrons. The Bertz CT molecular complexity index is 895. The number of carbonyl (C=O) groups is 3. The molecule has 0 spiro atoms. The second kappa shape index (κ2) is 9.52. The van der Waals surface area contributed by atoms with Crippen LogP contribution >= 0.6 is 0 Å². The van der Waals surface area contributed by atoms with Crippen LogP contribution in [0.5, 0.6) is 0 Å². The number of H-pyrrole nitrogens is 1. The lowest BCUT2D eigenvalue weighted by Crippen LogP contribution is -2.25. The molecule has 7 heteroatoms. The van der Waals surface area contributed by atoms with Crippen molar-refractivity contribution < 1.29 is 28.6 Å². The minimum absolute atomic E-state index is 0.117. The fraction of sp³-hybridized carbons (Fsp3) is 0.409. The predicted molar refractivity (Wildman–Crippen MR) is 107 cm³/mol. The van der Waals surface area contributed by atoms with E-state index in [0.717, 1.165) is 5.56 Å². The molecule has 0 aliphatic carbocycles. The van der Waals surface area contributed by atoms with Crippen LogP contribution in [0.4, 0.5) is 0 Å². The average Bonchev–Trinajstić information content (AvgIpc) is 2.99. The lowest BCUT2D eigenvalue weighted by Gasteiger charge is -2.13. The first-order valence-corrected chi connectivity index (χ1v) is 9.38. The third-order valence-electron chi connectivity index (χ3n) is 4.50. The Balaban J connectivity index is 2.08. The van der Waals surface area contributed by atoms with E-state index in [2.05, 4.69) is 4.98 Å². The second-order valence-electron chi connectivity index (χ2n) is 7.09. The number of aryl methyl sites for hydroxylation is 1. The second-order valence-corrected chi connectivity index (χ2v) is 7.09. The molecule has 1 aromatic carbocycles. The third kappa shape index (κ3) is 5.32. The van der Waals surface area contributed by atoms with Crippen LogP contribution in [0.2, 0.25) is 0 Å². The molecule has 0 saturated heterocycles. The highest BCUT2D eigenvalue weighted by Gasteiger charge is 2.27. The maximum atomic E-state index is 12.7. The maximum absolute atomic E-state index is 12.7. The Kier molecular flexibility index (Phi) is 7.34. The molecule has 0 saturated carbocycles. The van der Waals surface area contributed by atoms with Gasteiger partial charge < -0.3 is 19.2 Å². The van der Waals surface area contributed by atoms with Crippen molar-refractivity contribution in [2.45, 2.75) is 53.4 Å². The van der Waals surface area contributed by atoms with Gasteiger partial charge in [-0.15, -0.1) is 0 Å². The van der Waals surface area contributed by atoms with Crippen molar-refractivity contribution >= 4 is 17.7 Å². The minimum Gasteiger partial charge on any atom is -0.465 e. The summed E-state index contributed by atoms with van der Waals surface area (Å²) in [5.74, 6) is -1.55. The first kappa shape index (κ1) is 22.4. The number of nitrogens with one attached hydrogen (secondary N) is 1. The molecule has 2 aromatic rings. The van der Waals surface area contributed by atoms with Crippen LogP contribution in [-0.4, -0.2) is 42.0 Å². The largest absolute Gasteiger partial charge is 0.465 e. The highest BCUT2D eigenvalue weighted by atomic mass is 16.5. The number of Topliss-reactive ketones (excluding diaryl/α,β-unsaturated/α-hetero) is 1. The Morgan fingerprint density at radius 1 is 1.00 bits per heavy atom. The molecule has 1 aromatic heterocycles. The number of ether oxygens (including phenoxy) is 3. The van der Waals surface area contributed by atoms with Gasteiger partial charge in [-0.3, -0.25) is 4.79 Å². The van der Waals surface area contributed by atoms with Gasteiger partial charge in [0, 0.05) is 5.69 Å². The molecule has 0 aliphatic rings. The minimum atomic E-state index is -1.02. The number of methoxy groups -OCH3 is 1. The molecule has 7 nitrogen and oxygen atoms in total. The van der Waals surface area contributed by atoms with Gasteiger partial charge in [0.2, 0.25) is 5.78 Å². The van der Waals surface area contributed by atoms with E-state index < -0.39 is 23.8 Å². The summed E-state index contributed by atoms with van der Waals surface area (Å²) in [5.41, 5.74) is 2.81. The smallest absolute Gasteiger partial charge is 0.339 e. The van der Waals surface area contributed by atoms with Crippen molar-refractivity contribution in [1.29, 1.82) is 0 Å². The Hall–Kier alpha value is -2.93. The van der Waals surface area contributed by atoms with Crippen LogP contribution in [0.3, 0.4) is 0 Å². The summed E-state index contributed by atoms with van der Waals surface area (Å²) in [5, 5.41) is 0. The molecule has 1 atom stereocenters. The monoisotopic (exact) mass is 401 g/mol. The molecular formula is C22H27NO6. The molecule has 2 rings (SSSR count). The first-order chi connectivity index (χ1) is 13.6. The molecule has 156 valence electrons. The SMILES string of the molecule is COC(=O)c1c(C)[nH]c(C(=O)[C@@H](C)OC(=O)c2ccc(COC(C)C)cc2)c1C. The number of ketones is 1. The highest BCUT2D eigenvalue weighted by molar-refractivity contribution is 6.04. The van der Waals surface area contributed by atoms with Gasteiger partial charge in [-0.25, -0.2) is 9.59 Å². The van der Waals surface area contributed by atoms with Crippen molar-refractivity contribution in [3.8, 4) is 0 Å². The lowest BCUT2D eigenvalue weighted by atomic mass is 10.1. The molecule has 1 N–H and O–H groups in total. The fourth-order valence-corrected chi connectivity index (χ4v) is 2.89. The number of rotatable bonds is 8. The van der Waals surface area contributed by atoms with Gasteiger partial charge in [0.1, 0.15) is 0 Å². The van der Waals surface area contributed by atoms with Crippen molar-refractivity contribution in [2.75, 3.05) is 7.11 Å². The van der Waals surface area contributed by atoms with E-state index in [1.54, 1.807) is 38.1 Å². The summed E-state index contributed by atoms with van der Waals surface area (Å²) in [7, 11) is 1.28. The molecule has 0 bridgehead atoms. The zero-order valence-corrected chi connectivity index (χ0v) is 17.6. The number of esters is 2. The topological polar surface area (TPSA) is 94.7 Å². The van der Waals surface area contributed by atoms with Crippen LogP contribution in [0, 0.1) is 13.8 Å². The lowest BCUT2D eigenvalue weighted by molar-refractivity contribution is 0.0316. The summed E-state index contributed by atoms with van der Waals surface area (Å²) in [6.07, 6.45) is -0.903. The van der Waals surface area contributed by atoms with E-state index in [1.807, 2.05) is 13.8 Å². The zero-order chi connectivity index (χ0) is 21.7. The molecule has 0 fully saturated rings. The molecule has 0 aliphatic heterocycles. The van der Waals surface area contributed by atoms with E-state index in [0.29, 0.717) is 29.0 Å². The van der Waals surface area contributed by atoms with E-state index in [1.165, 1.54) is 14.0 Å². The van der Waals surface area contributed by atoms with Crippen molar-refractivity contribution in [1.82, 2.24) is 4.98 Å². The molecule has 1 heterocycles. The van der Waals surface area contributed by atoms with Crippen molar-refractivity contribution in [3.63, 3.8) is 0 Å².